The highest BCUT2D eigenvalue weighted by atomic mass is 16.2. The molecule has 1 unspecified atom stereocenters. The average molecular weight is 292 g/mol. The lowest BCUT2D eigenvalue weighted by molar-refractivity contribution is 0.0469. The molecule has 0 saturated heterocycles. The molecule has 1 amide bonds. The molecule has 0 bridgehead atoms. The van der Waals surface area contributed by atoms with E-state index >= 15 is 0 Å². The third-order valence-electron chi connectivity index (χ3n) is 4.97. The topological polar surface area (TPSA) is 32.3 Å². The van der Waals surface area contributed by atoms with Crippen LogP contribution in [0.25, 0.3) is 0 Å². The van der Waals surface area contributed by atoms with Crippen LogP contribution in [0.1, 0.15) is 41.3 Å². The first kappa shape index (κ1) is 13.4. The Labute approximate surface area is 131 Å². The fourth-order valence-corrected chi connectivity index (χ4v) is 4.02. The minimum atomic E-state index is -0.394. The van der Waals surface area contributed by atoms with Gasteiger partial charge in [-0.1, -0.05) is 36.4 Å². The third kappa shape index (κ3) is 1.71. The largest absolute Gasteiger partial charge is 0.358 e. The maximum Gasteiger partial charge on any atom is 0.258 e. The van der Waals surface area contributed by atoms with Crippen molar-refractivity contribution < 1.29 is 4.79 Å². The van der Waals surface area contributed by atoms with E-state index in [1.165, 1.54) is 11.1 Å². The summed E-state index contributed by atoms with van der Waals surface area (Å²) in [6.07, 6.45) is 3.14. The number of carbonyl (C=O) groups excluding carboxylic acids is 1. The molecule has 0 saturated carbocycles. The molecular formula is C19H20N2O. The summed E-state index contributed by atoms with van der Waals surface area (Å²) >= 11 is 0. The number of benzene rings is 2. The van der Waals surface area contributed by atoms with Gasteiger partial charge in [-0.25, -0.2) is 0 Å². The van der Waals surface area contributed by atoms with Gasteiger partial charge in [0.2, 0.25) is 0 Å². The lowest BCUT2D eigenvalue weighted by Crippen LogP contribution is -2.58. The van der Waals surface area contributed by atoms with Crippen molar-refractivity contribution in [1.82, 2.24) is 4.90 Å². The first-order valence-corrected chi connectivity index (χ1v) is 8.04. The highest BCUT2D eigenvalue weighted by Gasteiger charge is 2.47. The molecule has 1 aliphatic carbocycles. The molecule has 3 heteroatoms. The maximum atomic E-state index is 13.0. The molecule has 0 aromatic heterocycles. The van der Waals surface area contributed by atoms with Gasteiger partial charge in [-0.05, 0) is 43.9 Å². The molecule has 0 radical (unpaired) electrons. The normalized spacial score (nSPS) is 23.0. The van der Waals surface area contributed by atoms with Gasteiger partial charge in [0, 0.05) is 17.8 Å². The molecule has 2 aromatic rings. The molecular weight excluding hydrogens is 272 g/mol. The van der Waals surface area contributed by atoms with Gasteiger partial charge in [0.05, 0.1) is 5.56 Å². The number of amides is 1. The van der Waals surface area contributed by atoms with Crippen molar-refractivity contribution >= 4 is 11.6 Å². The molecule has 0 fully saturated rings. The van der Waals surface area contributed by atoms with Crippen LogP contribution < -0.4 is 5.32 Å². The second-order valence-corrected chi connectivity index (χ2v) is 6.09. The summed E-state index contributed by atoms with van der Waals surface area (Å²) in [5, 5.41) is 3.71. The third-order valence-corrected chi connectivity index (χ3v) is 4.97. The van der Waals surface area contributed by atoms with Crippen molar-refractivity contribution in [1.29, 1.82) is 0 Å². The molecule has 1 aliphatic heterocycles. The Morgan fingerprint density at radius 1 is 1.14 bits per heavy atom. The quantitative estimate of drug-likeness (QED) is 0.868. The van der Waals surface area contributed by atoms with Crippen molar-refractivity contribution in [3.05, 3.63) is 65.2 Å². The van der Waals surface area contributed by atoms with Gasteiger partial charge in [0.15, 0.2) is 0 Å². The Bertz CT molecular complexity index is 740. The van der Waals surface area contributed by atoms with Crippen LogP contribution in [0.5, 0.6) is 0 Å². The first-order valence-electron chi connectivity index (χ1n) is 8.04. The maximum absolute atomic E-state index is 13.0. The molecule has 1 heterocycles. The summed E-state index contributed by atoms with van der Waals surface area (Å²) in [6.45, 7) is 2.76. The molecule has 2 aromatic carbocycles. The van der Waals surface area contributed by atoms with Crippen molar-refractivity contribution in [2.24, 2.45) is 0 Å². The second kappa shape index (κ2) is 4.87. The monoisotopic (exact) mass is 292 g/mol. The van der Waals surface area contributed by atoms with E-state index in [1.807, 2.05) is 29.2 Å². The number of nitrogens with zero attached hydrogens (tertiary/aromatic N) is 1. The fourth-order valence-electron chi connectivity index (χ4n) is 4.02. The minimum absolute atomic E-state index is 0.133. The van der Waals surface area contributed by atoms with Gasteiger partial charge in [-0.3, -0.25) is 4.79 Å². The molecule has 1 N–H and O–H groups in total. The number of anilines is 1. The number of aryl methyl sites for hydroxylation is 1. The molecule has 112 valence electrons. The number of rotatable bonds is 1. The molecule has 22 heavy (non-hydrogen) atoms. The summed E-state index contributed by atoms with van der Waals surface area (Å²) in [5.41, 5.74) is 3.94. The predicted molar refractivity (Wildman–Crippen MR) is 87.8 cm³/mol. The van der Waals surface area contributed by atoms with E-state index in [2.05, 4.69) is 36.5 Å². The van der Waals surface area contributed by atoms with Gasteiger partial charge in [0.25, 0.3) is 5.91 Å². The predicted octanol–water partition coefficient (Wildman–Crippen LogP) is 3.76. The number of nitrogens with one attached hydrogen (secondary N) is 1. The number of hydrogen-bond acceptors (Lipinski definition) is 2. The van der Waals surface area contributed by atoms with E-state index in [0.29, 0.717) is 6.54 Å². The van der Waals surface area contributed by atoms with Crippen molar-refractivity contribution in [3.63, 3.8) is 0 Å². The summed E-state index contributed by atoms with van der Waals surface area (Å²) in [7, 11) is 0. The van der Waals surface area contributed by atoms with Crippen molar-refractivity contribution in [2.45, 2.75) is 31.8 Å². The van der Waals surface area contributed by atoms with Crippen LogP contribution in [0.4, 0.5) is 5.69 Å². The zero-order valence-electron chi connectivity index (χ0n) is 12.8. The Morgan fingerprint density at radius 2 is 1.91 bits per heavy atom. The van der Waals surface area contributed by atoms with E-state index in [4.69, 9.17) is 0 Å². The summed E-state index contributed by atoms with van der Waals surface area (Å²) < 4.78 is 0. The van der Waals surface area contributed by atoms with Crippen LogP contribution >= 0.6 is 0 Å². The van der Waals surface area contributed by atoms with Crippen LogP contribution in [-0.2, 0) is 12.1 Å². The second-order valence-electron chi connectivity index (χ2n) is 6.09. The fraction of sp³-hybridized carbons (Fsp3) is 0.316. The lowest BCUT2D eigenvalue weighted by Gasteiger charge is -2.51. The summed E-state index contributed by atoms with van der Waals surface area (Å²) in [4.78, 5) is 15.0. The molecule has 4 rings (SSSR count). The lowest BCUT2D eigenvalue weighted by atomic mass is 9.79. The van der Waals surface area contributed by atoms with E-state index in [1.54, 1.807) is 0 Å². The molecule has 3 nitrogen and oxygen atoms in total. The average Bonchev–Trinajstić information content (AvgIpc) is 2.56. The zero-order valence-corrected chi connectivity index (χ0v) is 12.8. The Hall–Kier alpha value is -2.29. The SMILES string of the molecule is CCN1C(=O)c2ccccc2NC12CCCc1ccccc12. The molecule has 1 atom stereocenters. The van der Waals surface area contributed by atoms with Crippen LogP contribution in [0.3, 0.4) is 0 Å². The minimum Gasteiger partial charge on any atom is -0.358 e. The van der Waals surface area contributed by atoms with E-state index in [0.717, 1.165) is 30.5 Å². The Balaban J connectivity index is 1.94. The van der Waals surface area contributed by atoms with Crippen LogP contribution in [0.15, 0.2) is 48.5 Å². The van der Waals surface area contributed by atoms with Crippen molar-refractivity contribution in [3.8, 4) is 0 Å². The van der Waals surface area contributed by atoms with Crippen LogP contribution in [0.2, 0.25) is 0 Å². The molecule has 2 aliphatic rings. The van der Waals surface area contributed by atoms with Crippen molar-refractivity contribution in [2.75, 3.05) is 11.9 Å². The smallest absolute Gasteiger partial charge is 0.258 e. The van der Waals surface area contributed by atoms with Crippen LogP contribution in [0, 0.1) is 0 Å². The van der Waals surface area contributed by atoms with E-state index in [-0.39, 0.29) is 5.91 Å². The Kier molecular flexibility index (Phi) is 2.96. The molecule has 1 spiro atoms. The Morgan fingerprint density at radius 3 is 2.77 bits per heavy atom. The van der Waals surface area contributed by atoms with Gasteiger partial charge in [0.1, 0.15) is 5.66 Å². The summed E-state index contributed by atoms with van der Waals surface area (Å²) in [6, 6.07) is 16.4. The summed E-state index contributed by atoms with van der Waals surface area (Å²) in [5.74, 6) is 0.133. The number of hydrogen-bond donors (Lipinski definition) is 1. The number of para-hydroxylation sites is 1. The van der Waals surface area contributed by atoms with Gasteiger partial charge < -0.3 is 10.2 Å². The number of carbonyl (C=O) groups is 1. The first-order chi connectivity index (χ1) is 10.8. The van der Waals surface area contributed by atoms with E-state index < -0.39 is 5.66 Å². The van der Waals surface area contributed by atoms with E-state index in [9.17, 15) is 4.79 Å². The highest BCUT2D eigenvalue weighted by molar-refractivity contribution is 6.02. The number of fused-ring (bicyclic) bond motifs is 3. The zero-order chi connectivity index (χ0) is 15.2. The van der Waals surface area contributed by atoms with Gasteiger partial charge in [-0.2, -0.15) is 0 Å². The standard InChI is InChI=1S/C19H20N2O/c1-2-21-18(22)15-10-4-6-12-17(15)20-19(21)13-7-9-14-8-3-5-11-16(14)19/h3-6,8,10-12,20H,2,7,9,13H2,1H3. The van der Waals surface area contributed by atoms with Gasteiger partial charge >= 0.3 is 0 Å². The van der Waals surface area contributed by atoms with Gasteiger partial charge in [-0.15, -0.1) is 0 Å². The highest BCUT2D eigenvalue weighted by Crippen LogP contribution is 2.44. The van der Waals surface area contributed by atoms with Crippen LogP contribution in [-0.4, -0.2) is 17.4 Å².